The molecule has 2 heterocycles. The van der Waals surface area contributed by atoms with Crippen LogP contribution in [0.3, 0.4) is 0 Å². The zero-order chi connectivity index (χ0) is 15.8. The predicted molar refractivity (Wildman–Crippen MR) is 81.3 cm³/mol. The van der Waals surface area contributed by atoms with E-state index >= 15 is 0 Å². The van der Waals surface area contributed by atoms with E-state index in [4.69, 9.17) is 4.74 Å². The number of ether oxygens (including phenoxy) is 1. The summed E-state index contributed by atoms with van der Waals surface area (Å²) < 4.78 is 19.9. The average Bonchev–Trinajstić information content (AvgIpc) is 3.33. The molecule has 2 aromatic rings. The van der Waals surface area contributed by atoms with Gasteiger partial charge in [-0.3, -0.25) is 4.79 Å². The Hall–Kier alpha value is -2.50. The summed E-state index contributed by atoms with van der Waals surface area (Å²) in [5.74, 6) is 0.612. The van der Waals surface area contributed by atoms with Gasteiger partial charge in [-0.2, -0.15) is 0 Å². The number of nitrogens with one attached hydrogen (secondary N) is 1. The number of carbonyl (C=O) groups is 1. The number of hydrogen-bond donors (Lipinski definition) is 1. The van der Waals surface area contributed by atoms with E-state index in [9.17, 15) is 9.18 Å². The Kier molecular flexibility index (Phi) is 3.44. The number of amides is 1. The quantitative estimate of drug-likeness (QED) is 0.939. The van der Waals surface area contributed by atoms with Crippen molar-refractivity contribution in [3.8, 4) is 16.9 Å². The van der Waals surface area contributed by atoms with E-state index in [0.29, 0.717) is 29.8 Å². The van der Waals surface area contributed by atoms with E-state index in [2.05, 4.69) is 15.3 Å². The van der Waals surface area contributed by atoms with Crippen LogP contribution in [0.25, 0.3) is 11.1 Å². The molecule has 0 unspecified atom stereocenters. The van der Waals surface area contributed by atoms with E-state index in [1.807, 2.05) is 0 Å². The molecule has 1 fully saturated rings. The number of halogens is 1. The summed E-state index contributed by atoms with van der Waals surface area (Å²) in [6.45, 7) is 0.441. The summed E-state index contributed by atoms with van der Waals surface area (Å²) in [7, 11) is 0. The molecule has 4 rings (SSSR count). The van der Waals surface area contributed by atoms with Crippen molar-refractivity contribution in [2.45, 2.75) is 25.4 Å². The van der Waals surface area contributed by atoms with Crippen LogP contribution in [0.15, 0.2) is 30.9 Å². The summed E-state index contributed by atoms with van der Waals surface area (Å²) in [6.07, 6.45) is 7.06. The van der Waals surface area contributed by atoms with Gasteiger partial charge in [0.15, 0.2) is 0 Å². The fraction of sp³-hybridized carbons (Fsp3) is 0.353. The molecule has 1 aromatic heterocycles. The first-order valence-electron chi connectivity index (χ1n) is 7.73. The minimum absolute atomic E-state index is 0.0902. The van der Waals surface area contributed by atoms with E-state index in [-0.39, 0.29) is 23.7 Å². The van der Waals surface area contributed by atoms with Crippen LogP contribution >= 0.6 is 0 Å². The van der Waals surface area contributed by atoms with Gasteiger partial charge in [0.25, 0.3) is 0 Å². The fourth-order valence-corrected chi connectivity index (χ4v) is 2.87. The Bertz CT molecular complexity index is 747. The summed E-state index contributed by atoms with van der Waals surface area (Å²) in [4.78, 5) is 19.7. The molecule has 1 atom stereocenters. The number of fused-ring (bicyclic) bond motifs is 1. The molecule has 118 valence electrons. The SMILES string of the molecule is O=C(NC[C@@H]1Cc2cc(F)cc(-c3cncnc3)c2O1)C1CC1. The number of carbonyl (C=O) groups excluding carboxylic acids is 1. The first-order valence-corrected chi connectivity index (χ1v) is 7.73. The third-order valence-corrected chi connectivity index (χ3v) is 4.19. The van der Waals surface area contributed by atoms with Crippen molar-refractivity contribution in [3.63, 3.8) is 0 Å². The third-order valence-electron chi connectivity index (χ3n) is 4.19. The molecule has 23 heavy (non-hydrogen) atoms. The van der Waals surface area contributed by atoms with Crippen molar-refractivity contribution >= 4 is 5.91 Å². The van der Waals surface area contributed by atoms with E-state index in [1.54, 1.807) is 12.4 Å². The van der Waals surface area contributed by atoms with Crippen molar-refractivity contribution in [3.05, 3.63) is 42.2 Å². The first kappa shape index (κ1) is 14.1. The van der Waals surface area contributed by atoms with Crippen LogP contribution in [0.5, 0.6) is 5.75 Å². The molecule has 1 aliphatic heterocycles. The van der Waals surface area contributed by atoms with Gasteiger partial charge in [-0.25, -0.2) is 14.4 Å². The molecule has 0 radical (unpaired) electrons. The maximum absolute atomic E-state index is 13.9. The lowest BCUT2D eigenvalue weighted by Gasteiger charge is -2.13. The minimum atomic E-state index is -0.311. The van der Waals surface area contributed by atoms with Crippen LogP contribution in [0, 0.1) is 11.7 Å². The van der Waals surface area contributed by atoms with E-state index < -0.39 is 0 Å². The number of benzene rings is 1. The monoisotopic (exact) mass is 313 g/mol. The first-order chi connectivity index (χ1) is 11.2. The largest absolute Gasteiger partial charge is 0.487 e. The zero-order valence-corrected chi connectivity index (χ0v) is 12.5. The van der Waals surface area contributed by atoms with Gasteiger partial charge in [0.2, 0.25) is 5.91 Å². The van der Waals surface area contributed by atoms with Gasteiger partial charge in [0.05, 0.1) is 6.54 Å². The highest BCUT2D eigenvalue weighted by atomic mass is 19.1. The lowest BCUT2D eigenvalue weighted by molar-refractivity contribution is -0.122. The van der Waals surface area contributed by atoms with Gasteiger partial charge in [-0.15, -0.1) is 0 Å². The fourth-order valence-electron chi connectivity index (χ4n) is 2.87. The van der Waals surface area contributed by atoms with E-state index in [1.165, 1.54) is 18.5 Å². The van der Waals surface area contributed by atoms with Gasteiger partial charge in [0.1, 0.15) is 24.0 Å². The van der Waals surface area contributed by atoms with Crippen molar-refractivity contribution in [1.29, 1.82) is 0 Å². The molecule has 1 amide bonds. The molecule has 0 bridgehead atoms. The number of nitrogens with zero attached hydrogens (tertiary/aromatic N) is 2. The Morgan fingerprint density at radius 3 is 2.83 bits per heavy atom. The van der Waals surface area contributed by atoms with Gasteiger partial charge < -0.3 is 10.1 Å². The predicted octanol–water partition coefficient (Wildman–Crippen LogP) is 2.11. The molecule has 5 nitrogen and oxygen atoms in total. The lowest BCUT2D eigenvalue weighted by atomic mass is 10.0. The van der Waals surface area contributed by atoms with Crippen molar-refractivity contribution in [2.75, 3.05) is 6.54 Å². The Balaban J connectivity index is 1.54. The molecule has 1 saturated carbocycles. The van der Waals surface area contributed by atoms with Crippen LogP contribution < -0.4 is 10.1 Å². The Labute approximate surface area is 132 Å². The van der Waals surface area contributed by atoms with Gasteiger partial charge in [-0.1, -0.05) is 0 Å². The normalized spacial score (nSPS) is 19.1. The summed E-state index contributed by atoms with van der Waals surface area (Å²) in [5, 5.41) is 2.91. The lowest BCUT2D eigenvalue weighted by Crippen LogP contribution is -2.35. The Morgan fingerprint density at radius 2 is 2.09 bits per heavy atom. The van der Waals surface area contributed by atoms with Gasteiger partial charge >= 0.3 is 0 Å². The number of aromatic nitrogens is 2. The molecule has 0 spiro atoms. The maximum atomic E-state index is 13.9. The van der Waals surface area contributed by atoms with Crippen LogP contribution in [-0.4, -0.2) is 28.5 Å². The summed E-state index contributed by atoms with van der Waals surface area (Å²) in [6, 6.07) is 2.92. The van der Waals surface area contributed by atoms with Crippen molar-refractivity contribution < 1.29 is 13.9 Å². The highest BCUT2D eigenvalue weighted by molar-refractivity contribution is 5.80. The smallest absolute Gasteiger partial charge is 0.223 e. The van der Waals surface area contributed by atoms with Crippen LogP contribution in [0.4, 0.5) is 4.39 Å². The average molecular weight is 313 g/mol. The van der Waals surface area contributed by atoms with Gasteiger partial charge in [0, 0.05) is 41.4 Å². The summed E-state index contributed by atoms with van der Waals surface area (Å²) in [5.41, 5.74) is 2.18. The molecular weight excluding hydrogens is 297 g/mol. The highest BCUT2D eigenvalue weighted by Gasteiger charge is 2.32. The molecule has 1 aliphatic carbocycles. The van der Waals surface area contributed by atoms with Gasteiger partial charge in [-0.05, 0) is 25.0 Å². The van der Waals surface area contributed by atoms with Crippen LogP contribution in [0.2, 0.25) is 0 Å². The molecule has 1 N–H and O–H groups in total. The maximum Gasteiger partial charge on any atom is 0.223 e. The van der Waals surface area contributed by atoms with Crippen LogP contribution in [0.1, 0.15) is 18.4 Å². The van der Waals surface area contributed by atoms with E-state index in [0.717, 1.165) is 18.4 Å². The number of hydrogen-bond acceptors (Lipinski definition) is 4. The zero-order valence-electron chi connectivity index (χ0n) is 12.5. The summed E-state index contributed by atoms with van der Waals surface area (Å²) >= 11 is 0. The Morgan fingerprint density at radius 1 is 1.30 bits per heavy atom. The minimum Gasteiger partial charge on any atom is -0.487 e. The van der Waals surface area contributed by atoms with Crippen molar-refractivity contribution in [1.82, 2.24) is 15.3 Å². The third kappa shape index (κ3) is 2.88. The molecule has 0 saturated heterocycles. The second kappa shape index (κ2) is 5.61. The topological polar surface area (TPSA) is 64.1 Å². The second-order valence-electron chi connectivity index (χ2n) is 6.03. The molecule has 2 aliphatic rings. The molecule has 1 aromatic carbocycles. The highest BCUT2D eigenvalue weighted by Crippen LogP contribution is 2.39. The second-order valence-corrected chi connectivity index (χ2v) is 6.03. The molecular formula is C17H16FN3O2. The van der Waals surface area contributed by atoms with Crippen molar-refractivity contribution in [2.24, 2.45) is 5.92 Å². The molecule has 6 heteroatoms. The standard InChI is InChI=1S/C17H16FN3O2/c18-13-3-11-4-14(8-21-17(22)10-1-2-10)23-16(11)15(5-13)12-6-19-9-20-7-12/h3,5-7,9-10,14H,1-2,4,8H2,(H,21,22)/t14-/m0/s1. The number of rotatable bonds is 4. The van der Waals surface area contributed by atoms with Crippen LogP contribution in [-0.2, 0) is 11.2 Å².